The summed E-state index contributed by atoms with van der Waals surface area (Å²) in [5, 5.41) is 20.0. The zero-order chi connectivity index (χ0) is 19.8. The van der Waals surface area contributed by atoms with Crippen molar-refractivity contribution in [3.8, 4) is 11.1 Å². The van der Waals surface area contributed by atoms with Crippen LogP contribution in [-0.4, -0.2) is 22.3 Å². The van der Waals surface area contributed by atoms with E-state index in [1.165, 1.54) is 5.56 Å². The van der Waals surface area contributed by atoms with E-state index in [0.29, 0.717) is 25.7 Å². The van der Waals surface area contributed by atoms with Crippen LogP contribution >= 0.6 is 0 Å². The van der Waals surface area contributed by atoms with Gasteiger partial charge in [0.15, 0.2) is 0 Å². The average Bonchev–Trinajstić information content (AvgIpc) is 2.74. The Hall–Kier alpha value is -2.91. The Morgan fingerprint density at radius 3 is 1.79 bits per heavy atom. The van der Waals surface area contributed by atoms with Crippen LogP contribution in [0, 0.1) is 5.92 Å². The Labute approximate surface area is 166 Å². The first-order chi connectivity index (χ1) is 13.6. The average molecular weight is 374 g/mol. The number of carboxylic acids is 1. The minimum absolute atomic E-state index is 0.438. The first-order valence-electron chi connectivity index (χ1n) is 9.72. The highest BCUT2D eigenvalue weighted by Gasteiger charge is 2.25. The van der Waals surface area contributed by atoms with Crippen molar-refractivity contribution in [2.75, 3.05) is 0 Å². The van der Waals surface area contributed by atoms with Crippen molar-refractivity contribution in [1.29, 1.82) is 0 Å². The molecule has 0 amide bonds. The first kappa shape index (κ1) is 19.8. The molecule has 0 aromatic heterocycles. The van der Waals surface area contributed by atoms with Gasteiger partial charge in [-0.3, -0.25) is 4.79 Å². The molecule has 0 heterocycles. The molecule has 3 aromatic carbocycles. The highest BCUT2D eigenvalue weighted by atomic mass is 16.4. The van der Waals surface area contributed by atoms with Gasteiger partial charge in [0.1, 0.15) is 0 Å². The Bertz CT molecular complexity index is 857. The van der Waals surface area contributed by atoms with Crippen molar-refractivity contribution in [2.24, 2.45) is 5.92 Å². The molecular weight excluding hydrogens is 348 g/mol. The summed E-state index contributed by atoms with van der Waals surface area (Å²) in [6, 6.07) is 28.2. The van der Waals surface area contributed by atoms with Crippen LogP contribution in [-0.2, 0) is 17.6 Å². The van der Waals surface area contributed by atoms with Gasteiger partial charge in [-0.25, -0.2) is 0 Å². The van der Waals surface area contributed by atoms with Crippen LogP contribution in [0.3, 0.4) is 0 Å². The molecule has 144 valence electrons. The third kappa shape index (κ3) is 5.54. The second-order valence-electron chi connectivity index (χ2n) is 7.14. The van der Waals surface area contributed by atoms with E-state index in [4.69, 9.17) is 0 Å². The molecule has 0 aliphatic carbocycles. The summed E-state index contributed by atoms with van der Waals surface area (Å²) in [7, 11) is 0. The molecule has 3 nitrogen and oxygen atoms in total. The van der Waals surface area contributed by atoms with Crippen LogP contribution in [0.15, 0.2) is 84.9 Å². The van der Waals surface area contributed by atoms with Gasteiger partial charge >= 0.3 is 5.97 Å². The lowest BCUT2D eigenvalue weighted by molar-refractivity contribution is -0.146. The van der Waals surface area contributed by atoms with Crippen molar-refractivity contribution in [3.05, 3.63) is 96.1 Å². The molecule has 2 N–H and O–H groups in total. The molecule has 3 heteroatoms. The molecule has 3 rings (SSSR count). The number of carbonyl (C=O) groups is 1. The van der Waals surface area contributed by atoms with Gasteiger partial charge in [-0.05, 0) is 47.9 Å². The number of benzene rings is 3. The molecular formula is C25H26O3. The Morgan fingerprint density at radius 2 is 1.18 bits per heavy atom. The summed E-state index contributed by atoms with van der Waals surface area (Å²) < 4.78 is 0. The van der Waals surface area contributed by atoms with Crippen molar-refractivity contribution < 1.29 is 15.0 Å². The topological polar surface area (TPSA) is 57.5 Å². The summed E-state index contributed by atoms with van der Waals surface area (Å²) >= 11 is 0. The quantitative estimate of drug-likeness (QED) is 0.555. The molecule has 0 saturated heterocycles. The molecule has 2 unspecified atom stereocenters. The zero-order valence-electron chi connectivity index (χ0n) is 15.9. The minimum Gasteiger partial charge on any atom is -0.481 e. The van der Waals surface area contributed by atoms with Crippen molar-refractivity contribution in [2.45, 2.75) is 31.8 Å². The monoisotopic (exact) mass is 374 g/mol. The standard InChI is InChI=1S/C25H26O3/c26-24(23(25(27)28)17-13-19-7-3-1-4-8-19)18-14-20-11-15-22(16-12-20)21-9-5-2-6-10-21/h1-12,15-16,23-24,26H,13-14,17-18H2,(H,27,28). The Kier molecular flexibility index (Phi) is 6.99. The Balaban J connectivity index is 1.55. The summed E-state index contributed by atoms with van der Waals surface area (Å²) in [5.74, 6) is -1.67. The summed E-state index contributed by atoms with van der Waals surface area (Å²) in [5.41, 5.74) is 4.51. The van der Waals surface area contributed by atoms with Crippen molar-refractivity contribution >= 4 is 5.97 Å². The molecule has 0 saturated carbocycles. The number of aryl methyl sites for hydroxylation is 2. The van der Waals surface area contributed by atoms with Gasteiger partial charge < -0.3 is 10.2 Å². The fourth-order valence-electron chi connectivity index (χ4n) is 3.46. The number of aliphatic hydroxyl groups is 1. The van der Waals surface area contributed by atoms with Crippen LogP contribution in [0.2, 0.25) is 0 Å². The van der Waals surface area contributed by atoms with Gasteiger partial charge in [0, 0.05) is 0 Å². The Morgan fingerprint density at radius 1 is 0.679 bits per heavy atom. The van der Waals surface area contributed by atoms with Crippen molar-refractivity contribution in [3.63, 3.8) is 0 Å². The number of rotatable bonds is 9. The summed E-state index contributed by atoms with van der Waals surface area (Å²) in [4.78, 5) is 11.6. The third-order valence-corrected chi connectivity index (χ3v) is 5.16. The van der Waals surface area contributed by atoms with Gasteiger partial charge in [-0.15, -0.1) is 0 Å². The van der Waals surface area contributed by atoms with E-state index in [0.717, 1.165) is 16.7 Å². The molecule has 0 bridgehead atoms. The third-order valence-electron chi connectivity index (χ3n) is 5.16. The highest BCUT2D eigenvalue weighted by Crippen LogP contribution is 2.22. The number of hydrogen-bond donors (Lipinski definition) is 2. The van der Waals surface area contributed by atoms with Gasteiger partial charge in [-0.2, -0.15) is 0 Å². The van der Waals surface area contributed by atoms with E-state index in [-0.39, 0.29) is 0 Å². The number of aliphatic hydroxyl groups excluding tert-OH is 1. The first-order valence-corrected chi connectivity index (χ1v) is 9.72. The molecule has 0 fully saturated rings. The second-order valence-corrected chi connectivity index (χ2v) is 7.14. The predicted molar refractivity (Wildman–Crippen MR) is 112 cm³/mol. The molecule has 28 heavy (non-hydrogen) atoms. The van der Waals surface area contributed by atoms with Crippen LogP contribution in [0.25, 0.3) is 11.1 Å². The lowest BCUT2D eigenvalue weighted by Gasteiger charge is -2.19. The lowest BCUT2D eigenvalue weighted by Crippen LogP contribution is -2.29. The fraction of sp³-hybridized carbons (Fsp3) is 0.240. The second kappa shape index (κ2) is 9.86. The summed E-state index contributed by atoms with van der Waals surface area (Å²) in [6.07, 6.45) is 1.34. The normalized spacial score (nSPS) is 13.0. The van der Waals surface area contributed by atoms with Gasteiger partial charge in [-0.1, -0.05) is 84.9 Å². The van der Waals surface area contributed by atoms with Gasteiger partial charge in [0.05, 0.1) is 12.0 Å². The van der Waals surface area contributed by atoms with Gasteiger partial charge in [0.2, 0.25) is 0 Å². The smallest absolute Gasteiger partial charge is 0.309 e. The maximum Gasteiger partial charge on any atom is 0.309 e. The lowest BCUT2D eigenvalue weighted by atomic mass is 9.90. The minimum atomic E-state index is -0.928. The maximum atomic E-state index is 11.6. The van der Waals surface area contributed by atoms with Crippen molar-refractivity contribution in [1.82, 2.24) is 0 Å². The molecule has 0 spiro atoms. The van der Waals surface area contributed by atoms with E-state index in [9.17, 15) is 15.0 Å². The SMILES string of the molecule is O=C(O)C(CCc1ccccc1)C(O)CCc1ccc(-c2ccccc2)cc1. The largest absolute Gasteiger partial charge is 0.481 e. The number of aliphatic carboxylic acids is 1. The number of hydrogen-bond acceptors (Lipinski definition) is 2. The zero-order valence-corrected chi connectivity index (χ0v) is 15.9. The van der Waals surface area contributed by atoms with Crippen LogP contribution in [0.4, 0.5) is 0 Å². The molecule has 2 atom stereocenters. The molecule has 0 aliphatic heterocycles. The fourth-order valence-corrected chi connectivity index (χ4v) is 3.46. The number of carboxylic acid groups (broad SMARTS) is 1. The van der Waals surface area contributed by atoms with E-state index in [2.05, 4.69) is 36.4 Å². The van der Waals surface area contributed by atoms with Crippen LogP contribution in [0.5, 0.6) is 0 Å². The van der Waals surface area contributed by atoms with Crippen LogP contribution < -0.4 is 0 Å². The van der Waals surface area contributed by atoms with E-state index in [1.807, 2.05) is 48.5 Å². The highest BCUT2D eigenvalue weighted by molar-refractivity contribution is 5.70. The van der Waals surface area contributed by atoms with Crippen LogP contribution in [0.1, 0.15) is 24.0 Å². The molecule has 0 radical (unpaired) electrons. The van der Waals surface area contributed by atoms with E-state index < -0.39 is 18.0 Å². The predicted octanol–water partition coefficient (Wildman–Crippen LogP) is 4.98. The molecule has 0 aliphatic rings. The molecule has 3 aromatic rings. The van der Waals surface area contributed by atoms with E-state index in [1.54, 1.807) is 0 Å². The van der Waals surface area contributed by atoms with Gasteiger partial charge in [0.25, 0.3) is 0 Å². The maximum absolute atomic E-state index is 11.6. The summed E-state index contributed by atoms with van der Waals surface area (Å²) in [6.45, 7) is 0. The van der Waals surface area contributed by atoms with E-state index >= 15 is 0 Å².